The van der Waals surface area contributed by atoms with Crippen LogP contribution in [0.1, 0.15) is 46.0 Å². The molecule has 1 aliphatic heterocycles. The Morgan fingerprint density at radius 1 is 1.00 bits per heavy atom. The van der Waals surface area contributed by atoms with E-state index < -0.39 is 10.0 Å². The number of hydrogen-bond acceptors (Lipinski definition) is 6. The minimum Gasteiger partial charge on any atom is -0.462 e. The topological polar surface area (TPSA) is 102 Å². The van der Waals surface area contributed by atoms with Crippen LogP contribution in [0.3, 0.4) is 0 Å². The molecule has 0 aliphatic carbocycles. The average Bonchev–Trinajstić information content (AvgIpc) is 2.80. The fourth-order valence-electron chi connectivity index (χ4n) is 3.16. The Balaban J connectivity index is 1.56. The van der Waals surface area contributed by atoms with Gasteiger partial charge in [-0.25, -0.2) is 13.2 Å². The van der Waals surface area contributed by atoms with Gasteiger partial charge in [0.1, 0.15) is 0 Å². The van der Waals surface area contributed by atoms with Crippen LogP contribution in [-0.4, -0.2) is 57.5 Å². The summed E-state index contributed by atoms with van der Waals surface area (Å²) in [4.78, 5) is 24.5. The second-order valence-electron chi connectivity index (χ2n) is 7.49. The normalized spacial score (nSPS) is 14.7. The Kier molecular flexibility index (Phi) is 8.38. The van der Waals surface area contributed by atoms with Crippen LogP contribution in [0.5, 0.6) is 0 Å². The monoisotopic (exact) mass is 460 g/mol. The first-order valence-electron chi connectivity index (χ1n) is 10.6. The fraction of sp³-hybridized carbons (Fsp3) is 0.391. The summed E-state index contributed by atoms with van der Waals surface area (Å²) in [5.41, 5.74) is 1.98. The van der Waals surface area contributed by atoms with Crippen LogP contribution in [0.2, 0.25) is 0 Å². The van der Waals surface area contributed by atoms with Gasteiger partial charge in [-0.15, -0.1) is 0 Å². The molecule has 1 saturated heterocycles. The smallest absolute Gasteiger partial charge is 0.338 e. The SMILES string of the molecule is CCCCOC(=O)c1ccc(NC(=O)c2ccc(CS(=O)(=O)N3CCOCC3)cc2)cc1. The molecule has 0 unspecified atom stereocenters. The van der Waals surface area contributed by atoms with E-state index in [9.17, 15) is 18.0 Å². The van der Waals surface area contributed by atoms with Gasteiger partial charge in [-0.1, -0.05) is 25.5 Å². The predicted molar refractivity (Wildman–Crippen MR) is 121 cm³/mol. The minimum atomic E-state index is -3.42. The largest absolute Gasteiger partial charge is 0.462 e. The van der Waals surface area contributed by atoms with Gasteiger partial charge in [-0.05, 0) is 48.4 Å². The second-order valence-corrected chi connectivity index (χ2v) is 9.45. The number of amides is 1. The summed E-state index contributed by atoms with van der Waals surface area (Å²) < 4.78 is 36.8. The molecule has 1 fully saturated rings. The van der Waals surface area contributed by atoms with Gasteiger partial charge >= 0.3 is 5.97 Å². The third-order valence-corrected chi connectivity index (χ3v) is 6.89. The number of nitrogens with one attached hydrogen (secondary N) is 1. The lowest BCUT2D eigenvalue weighted by molar-refractivity contribution is 0.0499. The van der Waals surface area contributed by atoms with E-state index in [-0.39, 0.29) is 17.6 Å². The van der Waals surface area contributed by atoms with Gasteiger partial charge in [0.25, 0.3) is 5.91 Å². The molecule has 0 bridgehead atoms. The number of sulfonamides is 1. The first-order valence-corrected chi connectivity index (χ1v) is 12.2. The lowest BCUT2D eigenvalue weighted by Crippen LogP contribution is -2.41. The number of unbranched alkanes of at least 4 members (excludes halogenated alkanes) is 1. The summed E-state index contributed by atoms with van der Waals surface area (Å²) in [6.07, 6.45) is 1.76. The molecule has 0 spiro atoms. The van der Waals surface area contributed by atoms with Crippen LogP contribution < -0.4 is 5.32 Å². The van der Waals surface area contributed by atoms with Crippen LogP contribution >= 0.6 is 0 Å². The molecule has 0 saturated carbocycles. The maximum absolute atomic E-state index is 12.5. The molecule has 0 atom stereocenters. The zero-order valence-electron chi connectivity index (χ0n) is 18.1. The zero-order valence-corrected chi connectivity index (χ0v) is 18.9. The quantitative estimate of drug-likeness (QED) is 0.456. The van der Waals surface area contributed by atoms with Gasteiger partial charge in [0.2, 0.25) is 10.0 Å². The van der Waals surface area contributed by atoms with Gasteiger partial charge in [-0.3, -0.25) is 4.79 Å². The minimum absolute atomic E-state index is 0.120. The molecule has 3 rings (SSSR count). The third kappa shape index (κ3) is 6.62. The summed E-state index contributed by atoms with van der Waals surface area (Å²) in [6.45, 7) is 3.93. The van der Waals surface area contributed by atoms with Gasteiger partial charge in [0.05, 0.1) is 31.1 Å². The highest BCUT2D eigenvalue weighted by molar-refractivity contribution is 7.88. The number of morpholine rings is 1. The number of ether oxygens (including phenoxy) is 2. The lowest BCUT2D eigenvalue weighted by Gasteiger charge is -2.26. The number of benzene rings is 2. The van der Waals surface area contributed by atoms with Crippen molar-refractivity contribution in [1.29, 1.82) is 0 Å². The Bertz CT molecular complexity index is 1010. The summed E-state index contributed by atoms with van der Waals surface area (Å²) >= 11 is 0. The lowest BCUT2D eigenvalue weighted by atomic mass is 10.1. The van der Waals surface area contributed by atoms with Gasteiger partial charge < -0.3 is 14.8 Å². The predicted octanol–water partition coefficient (Wildman–Crippen LogP) is 3.06. The Hall–Kier alpha value is -2.75. The molecule has 9 heteroatoms. The molecule has 2 aromatic rings. The van der Waals surface area contributed by atoms with Gasteiger partial charge in [0, 0.05) is 24.3 Å². The van der Waals surface area contributed by atoms with E-state index in [0.717, 1.165) is 12.8 Å². The number of carbonyl (C=O) groups is 2. The van der Waals surface area contributed by atoms with Crippen molar-refractivity contribution >= 4 is 27.6 Å². The number of hydrogen-bond donors (Lipinski definition) is 1. The van der Waals surface area contributed by atoms with E-state index in [4.69, 9.17) is 9.47 Å². The fourth-order valence-corrected chi connectivity index (χ4v) is 4.67. The van der Waals surface area contributed by atoms with Gasteiger partial charge in [-0.2, -0.15) is 4.31 Å². The van der Waals surface area contributed by atoms with Crippen molar-refractivity contribution in [2.24, 2.45) is 0 Å². The summed E-state index contributed by atoms with van der Waals surface area (Å²) in [5.74, 6) is -0.838. The van der Waals surface area contributed by atoms with Crippen molar-refractivity contribution in [3.8, 4) is 0 Å². The van der Waals surface area contributed by atoms with Gasteiger partial charge in [0.15, 0.2) is 0 Å². The number of esters is 1. The van der Waals surface area contributed by atoms with E-state index in [1.165, 1.54) is 4.31 Å². The molecular weight excluding hydrogens is 432 g/mol. The number of nitrogens with zero attached hydrogens (tertiary/aromatic N) is 1. The highest BCUT2D eigenvalue weighted by atomic mass is 32.2. The molecular formula is C23H28N2O6S. The third-order valence-electron chi connectivity index (χ3n) is 5.04. The maximum atomic E-state index is 12.5. The summed E-state index contributed by atoms with van der Waals surface area (Å²) in [5, 5.41) is 2.76. The molecule has 2 aromatic carbocycles. The summed E-state index contributed by atoms with van der Waals surface area (Å²) in [6, 6.07) is 12.9. The molecule has 1 aliphatic rings. The van der Waals surface area contributed by atoms with Crippen molar-refractivity contribution in [3.05, 3.63) is 65.2 Å². The first-order chi connectivity index (χ1) is 15.4. The zero-order chi connectivity index (χ0) is 23.0. The first kappa shape index (κ1) is 23.9. The van der Waals surface area contributed by atoms with Crippen LogP contribution in [0.4, 0.5) is 5.69 Å². The summed E-state index contributed by atoms with van der Waals surface area (Å²) in [7, 11) is -3.42. The molecule has 0 aromatic heterocycles. The standard InChI is InChI=1S/C23H28N2O6S/c1-2-3-14-31-23(27)20-8-10-21(11-9-20)24-22(26)19-6-4-18(5-7-19)17-32(28,29)25-12-15-30-16-13-25/h4-11H,2-3,12-17H2,1H3,(H,24,26). The highest BCUT2D eigenvalue weighted by Crippen LogP contribution is 2.16. The van der Waals surface area contributed by atoms with Crippen LogP contribution in [0, 0.1) is 0 Å². The maximum Gasteiger partial charge on any atom is 0.338 e. The molecule has 0 radical (unpaired) electrons. The van der Waals surface area contributed by atoms with Crippen molar-refractivity contribution in [3.63, 3.8) is 0 Å². The van der Waals surface area contributed by atoms with E-state index >= 15 is 0 Å². The second kappa shape index (κ2) is 11.2. The van der Waals surface area contributed by atoms with Crippen LogP contribution in [0.15, 0.2) is 48.5 Å². The van der Waals surface area contributed by atoms with Crippen LogP contribution in [-0.2, 0) is 25.2 Å². The molecule has 1 heterocycles. The molecule has 8 nitrogen and oxygen atoms in total. The van der Waals surface area contributed by atoms with E-state index in [2.05, 4.69) is 5.32 Å². The Labute approximate surface area is 188 Å². The molecule has 1 N–H and O–H groups in total. The van der Waals surface area contributed by atoms with E-state index in [0.29, 0.717) is 55.3 Å². The number of anilines is 1. The Morgan fingerprint density at radius 2 is 1.62 bits per heavy atom. The number of carbonyl (C=O) groups excluding carboxylic acids is 2. The number of rotatable bonds is 9. The molecule has 172 valence electrons. The van der Waals surface area contributed by atoms with Crippen molar-refractivity contribution in [1.82, 2.24) is 4.31 Å². The Morgan fingerprint density at radius 3 is 2.25 bits per heavy atom. The molecule has 1 amide bonds. The van der Waals surface area contributed by atoms with E-state index in [1.54, 1.807) is 48.5 Å². The van der Waals surface area contributed by atoms with E-state index in [1.807, 2.05) is 6.92 Å². The highest BCUT2D eigenvalue weighted by Gasteiger charge is 2.24. The van der Waals surface area contributed by atoms with Crippen LogP contribution in [0.25, 0.3) is 0 Å². The van der Waals surface area contributed by atoms with Crippen molar-refractivity contribution < 1.29 is 27.5 Å². The van der Waals surface area contributed by atoms with Crippen molar-refractivity contribution in [2.75, 3.05) is 38.2 Å². The molecule has 32 heavy (non-hydrogen) atoms. The average molecular weight is 461 g/mol. The van der Waals surface area contributed by atoms with Crippen molar-refractivity contribution in [2.45, 2.75) is 25.5 Å².